The fraction of sp³-hybridized carbons (Fsp3) is 0.571. The smallest absolute Gasteiger partial charge is 0.119 e. The van der Waals surface area contributed by atoms with Crippen molar-refractivity contribution in [1.29, 1.82) is 0 Å². The third-order valence-corrected chi connectivity index (χ3v) is 4.48. The van der Waals surface area contributed by atoms with Crippen LogP contribution in [0.15, 0.2) is 22.7 Å². The minimum absolute atomic E-state index is 0.712. The third-order valence-electron chi connectivity index (χ3n) is 3.71. The zero-order chi connectivity index (χ0) is 12.3. The van der Waals surface area contributed by atoms with Gasteiger partial charge < -0.3 is 10.1 Å². The van der Waals surface area contributed by atoms with Crippen molar-refractivity contribution < 1.29 is 4.74 Å². The van der Waals surface area contributed by atoms with E-state index in [1.807, 2.05) is 6.07 Å². The molecule has 1 saturated carbocycles. The van der Waals surface area contributed by atoms with Crippen LogP contribution < -0.4 is 10.1 Å². The molecule has 2 unspecified atom stereocenters. The van der Waals surface area contributed by atoms with Crippen molar-refractivity contribution in [2.24, 2.45) is 5.92 Å². The summed E-state index contributed by atoms with van der Waals surface area (Å²) in [5.41, 5.74) is 1.37. The van der Waals surface area contributed by atoms with E-state index in [9.17, 15) is 0 Å². The Bertz CT molecular complexity index is 380. The number of hydrogen-bond acceptors (Lipinski definition) is 2. The van der Waals surface area contributed by atoms with Crippen molar-refractivity contribution in [3.63, 3.8) is 0 Å². The van der Waals surface area contributed by atoms with Crippen molar-refractivity contribution in [3.8, 4) is 5.75 Å². The third kappa shape index (κ3) is 3.23. The molecular formula is C14H20BrNO. The van der Waals surface area contributed by atoms with Gasteiger partial charge in [-0.05, 0) is 62.4 Å². The summed E-state index contributed by atoms with van der Waals surface area (Å²) in [5.74, 6) is 1.75. The Morgan fingerprint density at radius 2 is 2.24 bits per heavy atom. The maximum absolute atomic E-state index is 5.28. The number of rotatable bonds is 4. The molecule has 0 amide bonds. The van der Waals surface area contributed by atoms with Crippen LogP contribution in [0.1, 0.15) is 24.8 Å². The molecule has 0 aromatic heterocycles. The molecule has 0 aliphatic heterocycles. The van der Waals surface area contributed by atoms with Crippen LogP contribution in [-0.2, 0) is 6.42 Å². The van der Waals surface area contributed by atoms with Crippen LogP contribution >= 0.6 is 15.9 Å². The van der Waals surface area contributed by atoms with Gasteiger partial charge in [-0.25, -0.2) is 0 Å². The number of hydrogen-bond donors (Lipinski definition) is 1. The molecule has 0 saturated heterocycles. The lowest BCUT2D eigenvalue weighted by atomic mass is 9.97. The largest absolute Gasteiger partial charge is 0.497 e. The Labute approximate surface area is 112 Å². The normalized spacial score (nSPS) is 23.9. The average Bonchev–Trinajstić information content (AvgIpc) is 2.80. The molecule has 17 heavy (non-hydrogen) atoms. The first-order chi connectivity index (χ1) is 8.22. The first-order valence-corrected chi connectivity index (χ1v) is 7.02. The SMILES string of the molecule is CNC1CCC(Cc2cc(OC)ccc2Br)C1. The van der Waals surface area contributed by atoms with E-state index in [2.05, 4.69) is 40.4 Å². The summed E-state index contributed by atoms with van der Waals surface area (Å²) in [6, 6.07) is 6.94. The first kappa shape index (κ1) is 12.9. The predicted octanol–water partition coefficient (Wildman–Crippen LogP) is 3.39. The molecule has 2 atom stereocenters. The Balaban J connectivity index is 2.03. The highest BCUT2D eigenvalue weighted by molar-refractivity contribution is 9.10. The maximum atomic E-state index is 5.28. The van der Waals surface area contributed by atoms with Crippen LogP contribution in [0.3, 0.4) is 0 Å². The maximum Gasteiger partial charge on any atom is 0.119 e. The average molecular weight is 298 g/mol. The lowest BCUT2D eigenvalue weighted by Crippen LogP contribution is -2.21. The fourth-order valence-corrected chi connectivity index (χ4v) is 3.08. The van der Waals surface area contributed by atoms with Gasteiger partial charge in [-0.15, -0.1) is 0 Å². The molecule has 0 spiro atoms. The van der Waals surface area contributed by atoms with E-state index in [4.69, 9.17) is 4.74 Å². The molecular weight excluding hydrogens is 278 g/mol. The molecule has 1 aromatic rings. The van der Waals surface area contributed by atoms with Crippen molar-refractivity contribution in [2.45, 2.75) is 31.7 Å². The Hall–Kier alpha value is -0.540. The van der Waals surface area contributed by atoms with Crippen molar-refractivity contribution in [2.75, 3.05) is 14.2 Å². The number of halogens is 1. The van der Waals surface area contributed by atoms with Gasteiger partial charge in [0.2, 0.25) is 0 Å². The minimum Gasteiger partial charge on any atom is -0.497 e. The molecule has 94 valence electrons. The minimum atomic E-state index is 0.712. The topological polar surface area (TPSA) is 21.3 Å². The van der Waals surface area contributed by atoms with Crippen LogP contribution in [0.4, 0.5) is 0 Å². The first-order valence-electron chi connectivity index (χ1n) is 6.22. The summed E-state index contributed by atoms with van der Waals surface area (Å²) in [7, 11) is 3.79. The molecule has 1 N–H and O–H groups in total. The lowest BCUT2D eigenvalue weighted by molar-refractivity contribution is 0.413. The Kier molecular flexibility index (Phi) is 4.46. The van der Waals surface area contributed by atoms with E-state index in [-0.39, 0.29) is 0 Å². The quantitative estimate of drug-likeness (QED) is 0.920. The summed E-state index contributed by atoms with van der Waals surface area (Å²) < 4.78 is 6.48. The van der Waals surface area contributed by atoms with E-state index in [0.717, 1.165) is 18.1 Å². The molecule has 2 rings (SSSR count). The summed E-state index contributed by atoms with van der Waals surface area (Å²) in [6.45, 7) is 0. The summed E-state index contributed by atoms with van der Waals surface area (Å²) in [5, 5.41) is 3.38. The van der Waals surface area contributed by atoms with Crippen LogP contribution in [-0.4, -0.2) is 20.2 Å². The van der Waals surface area contributed by atoms with E-state index in [1.165, 1.54) is 29.3 Å². The molecule has 1 fully saturated rings. The van der Waals surface area contributed by atoms with Crippen LogP contribution in [0.2, 0.25) is 0 Å². The highest BCUT2D eigenvalue weighted by Crippen LogP contribution is 2.32. The van der Waals surface area contributed by atoms with Crippen molar-refractivity contribution in [1.82, 2.24) is 5.32 Å². The Morgan fingerprint density at radius 3 is 2.88 bits per heavy atom. The molecule has 1 aliphatic rings. The van der Waals surface area contributed by atoms with E-state index in [1.54, 1.807) is 7.11 Å². The fourth-order valence-electron chi connectivity index (χ4n) is 2.67. The second-order valence-electron chi connectivity index (χ2n) is 4.83. The van der Waals surface area contributed by atoms with Gasteiger partial charge >= 0.3 is 0 Å². The summed E-state index contributed by atoms with van der Waals surface area (Å²) in [4.78, 5) is 0. The lowest BCUT2D eigenvalue weighted by Gasteiger charge is -2.13. The van der Waals surface area contributed by atoms with E-state index >= 15 is 0 Å². The molecule has 0 bridgehead atoms. The van der Waals surface area contributed by atoms with Gasteiger partial charge in [0, 0.05) is 10.5 Å². The second-order valence-corrected chi connectivity index (χ2v) is 5.68. The van der Waals surface area contributed by atoms with E-state index < -0.39 is 0 Å². The number of nitrogens with one attached hydrogen (secondary N) is 1. The zero-order valence-electron chi connectivity index (χ0n) is 10.5. The zero-order valence-corrected chi connectivity index (χ0v) is 12.1. The molecule has 0 radical (unpaired) electrons. The van der Waals surface area contributed by atoms with Crippen LogP contribution in [0.25, 0.3) is 0 Å². The van der Waals surface area contributed by atoms with Crippen molar-refractivity contribution >= 4 is 15.9 Å². The van der Waals surface area contributed by atoms with Gasteiger partial charge in [0.05, 0.1) is 7.11 Å². The number of ether oxygens (including phenoxy) is 1. The van der Waals surface area contributed by atoms with Gasteiger partial charge in [0.15, 0.2) is 0 Å². The van der Waals surface area contributed by atoms with E-state index in [0.29, 0.717) is 6.04 Å². The Morgan fingerprint density at radius 1 is 1.41 bits per heavy atom. The van der Waals surface area contributed by atoms with Gasteiger partial charge in [-0.2, -0.15) is 0 Å². The summed E-state index contributed by atoms with van der Waals surface area (Å²) in [6.07, 6.45) is 5.08. The van der Waals surface area contributed by atoms with Gasteiger partial charge in [0.25, 0.3) is 0 Å². The highest BCUT2D eigenvalue weighted by atomic mass is 79.9. The van der Waals surface area contributed by atoms with Gasteiger partial charge in [0.1, 0.15) is 5.75 Å². The molecule has 0 heterocycles. The van der Waals surface area contributed by atoms with Crippen LogP contribution in [0, 0.1) is 5.92 Å². The highest BCUT2D eigenvalue weighted by Gasteiger charge is 2.24. The second kappa shape index (κ2) is 5.87. The summed E-state index contributed by atoms with van der Waals surface area (Å²) >= 11 is 3.63. The number of benzene rings is 1. The molecule has 1 aliphatic carbocycles. The predicted molar refractivity (Wildman–Crippen MR) is 74.6 cm³/mol. The van der Waals surface area contributed by atoms with Crippen LogP contribution in [0.5, 0.6) is 5.75 Å². The standard InChI is InChI=1S/C14H20BrNO/c1-16-12-4-3-10(8-12)7-11-9-13(17-2)5-6-14(11)15/h5-6,9-10,12,16H,3-4,7-8H2,1-2H3. The van der Waals surface area contributed by atoms with Gasteiger partial charge in [-0.1, -0.05) is 15.9 Å². The number of methoxy groups -OCH3 is 1. The molecule has 3 heteroatoms. The monoisotopic (exact) mass is 297 g/mol. The van der Waals surface area contributed by atoms with Gasteiger partial charge in [-0.3, -0.25) is 0 Å². The van der Waals surface area contributed by atoms with Crippen molar-refractivity contribution in [3.05, 3.63) is 28.2 Å². The molecule has 1 aromatic carbocycles. The molecule has 2 nitrogen and oxygen atoms in total.